The third-order valence-corrected chi connectivity index (χ3v) is 8.28. The summed E-state index contributed by atoms with van der Waals surface area (Å²) in [6.45, 7) is 3.62. The Kier molecular flexibility index (Phi) is 24.8. The molecule has 1 saturated heterocycles. The van der Waals surface area contributed by atoms with E-state index in [0.717, 1.165) is 51.4 Å². The van der Waals surface area contributed by atoms with E-state index in [0.29, 0.717) is 6.42 Å². The van der Waals surface area contributed by atoms with Crippen molar-refractivity contribution < 1.29 is 39.8 Å². The predicted molar refractivity (Wildman–Crippen MR) is 175 cm³/mol. The van der Waals surface area contributed by atoms with Crippen molar-refractivity contribution in [3.05, 3.63) is 24.3 Å². The van der Waals surface area contributed by atoms with Crippen molar-refractivity contribution in [1.82, 2.24) is 5.32 Å². The molecule has 0 aromatic carbocycles. The Morgan fingerprint density at radius 1 is 0.750 bits per heavy atom. The molecule has 258 valence electrons. The Labute approximate surface area is 267 Å². The normalized spacial score (nSPS) is 23.8. The van der Waals surface area contributed by atoms with E-state index < -0.39 is 49.5 Å². The van der Waals surface area contributed by atoms with Gasteiger partial charge in [0.05, 0.1) is 25.4 Å². The fourth-order valence-corrected chi connectivity index (χ4v) is 5.34. The van der Waals surface area contributed by atoms with Gasteiger partial charge in [0, 0.05) is 6.42 Å². The van der Waals surface area contributed by atoms with E-state index in [2.05, 4.69) is 31.3 Å². The zero-order valence-corrected chi connectivity index (χ0v) is 27.7. The van der Waals surface area contributed by atoms with Crippen LogP contribution in [0.4, 0.5) is 0 Å². The Balaban J connectivity index is 2.46. The van der Waals surface area contributed by atoms with Gasteiger partial charge in [0.1, 0.15) is 24.4 Å². The van der Waals surface area contributed by atoms with Crippen LogP contribution in [0.3, 0.4) is 0 Å². The lowest BCUT2D eigenvalue weighted by Crippen LogP contribution is -2.60. The minimum atomic E-state index is -1.56. The minimum Gasteiger partial charge on any atom is -0.394 e. The number of hydrogen-bond donors (Lipinski definition) is 6. The number of carbonyl (C=O) groups excluding carboxylic acids is 1. The molecule has 1 rings (SSSR count). The Bertz CT molecular complexity index is 746. The van der Waals surface area contributed by atoms with Crippen LogP contribution in [0.25, 0.3) is 0 Å². The second kappa shape index (κ2) is 26.8. The smallest absolute Gasteiger partial charge is 0.220 e. The third kappa shape index (κ3) is 18.6. The molecule has 9 nitrogen and oxygen atoms in total. The number of aliphatic hydroxyl groups is 5. The molecule has 0 aromatic rings. The van der Waals surface area contributed by atoms with Gasteiger partial charge in [-0.05, 0) is 32.1 Å². The molecule has 1 fully saturated rings. The van der Waals surface area contributed by atoms with E-state index >= 15 is 0 Å². The highest BCUT2D eigenvalue weighted by Crippen LogP contribution is 2.22. The molecule has 0 bridgehead atoms. The van der Waals surface area contributed by atoms with Crippen molar-refractivity contribution >= 4 is 5.91 Å². The maximum Gasteiger partial charge on any atom is 0.220 e. The molecule has 9 heteroatoms. The summed E-state index contributed by atoms with van der Waals surface area (Å²) < 4.78 is 11.1. The maximum atomic E-state index is 12.6. The predicted octanol–water partition coefficient (Wildman–Crippen LogP) is 5.21. The maximum absolute atomic E-state index is 12.6. The van der Waals surface area contributed by atoms with Crippen LogP contribution in [0.1, 0.15) is 136 Å². The van der Waals surface area contributed by atoms with Crippen LogP contribution in [0, 0.1) is 0 Å². The molecule has 7 unspecified atom stereocenters. The highest BCUT2D eigenvalue weighted by atomic mass is 16.7. The molecular formula is C35H65NO8. The van der Waals surface area contributed by atoms with Gasteiger partial charge in [0.2, 0.25) is 5.91 Å². The number of carbonyl (C=O) groups is 1. The van der Waals surface area contributed by atoms with E-state index in [1.165, 1.54) is 64.2 Å². The van der Waals surface area contributed by atoms with Gasteiger partial charge in [-0.3, -0.25) is 4.79 Å². The average molecular weight is 628 g/mol. The van der Waals surface area contributed by atoms with Gasteiger partial charge >= 0.3 is 0 Å². The first-order chi connectivity index (χ1) is 21.3. The SMILES string of the molecule is CCCCCCCCCCCC/C=C/CC/C=C/C(O)C(COC1OC(CO)C(O)C(O)C1O)NC(=O)CCCCCCC. The number of allylic oxidation sites excluding steroid dienone is 3. The van der Waals surface area contributed by atoms with E-state index in [4.69, 9.17) is 9.47 Å². The summed E-state index contributed by atoms with van der Waals surface area (Å²) >= 11 is 0. The van der Waals surface area contributed by atoms with Gasteiger partial charge in [-0.15, -0.1) is 0 Å². The number of nitrogens with one attached hydrogen (secondary N) is 1. The molecule has 6 N–H and O–H groups in total. The topological polar surface area (TPSA) is 149 Å². The van der Waals surface area contributed by atoms with Crippen LogP contribution in [-0.4, -0.2) is 87.5 Å². The fourth-order valence-electron chi connectivity index (χ4n) is 5.34. The first-order valence-electron chi connectivity index (χ1n) is 17.6. The highest BCUT2D eigenvalue weighted by Gasteiger charge is 2.44. The lowest BCUT2D eigenvalue weighted by Gasteiger charge is -2.40. The van der Waals surface area contributed by atoms with Crippen LogP contribution in [-0.2, 0) is 14.3 Å². The number of amides is 1. The van der Waals surface area contributed by atoms with E-state index in [1.54, 1.807) is 6.08 Å². The second-order valence-corrected chi connectivity index (χ2v) is 12.3. The third-order valence-electron chi connectivity index (χ3n) is 8.28. The molecule has 0 aromatic heterocycles. The first-order valence-corrected chi connectivity index (χ1v) is 17.6. The molecule has 7 atom stereocenters. The lowest BCUT2D eigenvalue weighted by atomic mass is 9.99. The number of aliphatic hydroxyl groups excluding tert-OH is 5. The van der Waals surface area contributed by atoms with Gasteiger partial charge in [-0.1, -0.05) is 122 Å². The van der Waals surface area contributed by atoms with E-state index in [1.807, 2.05) is 6.08 Å². The van der Waals surface area contributed by atoms with Gasteiger partial charge < -0.3 is 40.3 Å². The van der Waals surface area contributed by atoms with Crippen molar-refractivity contribution in [2.75, 3.05) is 13.2 Å². The molecule has 1 heterocycles. The highest BCUT2D eigenvalue weighted by molar-refractivity contribution is 5.76. The van der Waals surface area contributed by atoms with Crippen molar-refractivity contribution in [1.29, 1.82) is 0 Å². The summed E-state index contributed by atoms with van der Waals surface area (Å²) in [6, 6.07) is -0.811. The second-order valence-electron chi connectivity index (χ2n) is 12.3. The van der Waals surface area contributed by atoms with Crippen molar-refractivity contribution in [2.24, 2.45) is 0 Å². The van der Waals surface area contributed by atoms with Crippen LogP contribution in [0.5, 0.6) is 0 Å². The summed E-state index contributed by atoms with van der Waals surface area (Å²) in [5.41, 5.74) is 0. The summed E-state index contributed by atoms with van der Waals surface area (Å²) in [5.74, 6) is -0.203. The summed E-state index contributed by atoms with van der Waals surface area (Å²) in [7, 11) is 0. The standard InChI is InChI=1S/C35H65NO8/c1-3-5-7-9-10-11-12-13-14-15-16-17-18-19-21-22-24-29(38)28(36-31(39)25-23-20-8-6-4-2)27-43-35-34(42)33(41)32(40)30(26-37)44-35/h17-18,22,24,28-30,32-35,37-38,40-42H,3-16,19-21,23,25-27H2,1-2H3,(H,36,39)/b18-17+,24-22+. The largest absolute Gasteiger partial charge is 0.394 e. The van der Waals surface area contributed by atoms with Gasteiger partial charge in [0.25, 0.3) is 0 Å². The Morgan fingerprint density at radius 3 is 1.91 bits per heavy atom. The fraction of sp³-hybridized carbons (Fsp3) is 0.857. The molecule has 0 spiro atoms. The first kappa shape index (κ1) is 40.7. The Morgan fingerprint density at radius 2 is 1.30 bits per heavy atom. The van der Waals surface area contributed by atoms with Gasteiger partial charge in [-0.2, -0.15) is 0 Å². The average Bonchev–Trinajstić information content (AvgIpc) is 3.02. The van der Waals surface area contributed by atoms with Gasteiger partial charge in [-0.25, -0.2) is 0 Å². The summed E-state index contributed by atoms with van der Waals surface area (Å²) in [6.07, 6.45) is 21.2. The molecule has 0 saturated carbocycles. The summed E-state index contributed by atoms with van der Waals surface area (Å²) in [5, 5.41) is 53.5. The van der Waals surface area contributed by atoms with Crippen LogP contribution >= 0.6 is 0 Å². The zero-order valence-electron chi connectivity index (χ0n) is 27.7. The number of ether oxygens (including phenoxy) is 2. The van der Waals surface area contributed by atoms with Crippen molar-refractivity contribution in [2.45, 2.75) is 179 Å². The van der Waals surface area contributed by atoms with Crippen molar-refractivity contribution in [3.8, 4) is 0 Å². The molecule has 0 aliphatic carbocycles. The quantitative estimate of drug-likeness (QED) is 0.0537. The molecule has 1 aliphatic rings. The van der Waals surface area contributed by atoms with Crippen LogP contribution < -0.4 is 5.32 Å². The number of rotatable bonds is 27. The number of unbranched alkanes of at least 4 members (excludes halogenated alkanes) is 15. The van der Waals surface area contributed by atoms with Crippen LogP contribution in [0.2, 0.25) is 0 Å². The molecular weight excluding hydrogens is 562 g/mol. The molecule has 44 heavy (non-hydrogen) atoms. The Hall–Kier alpha value is -1.33. The molecule has 1 aliphatic heterocycles. The zero-order chi connectivity index (χ0) is 32.4. The summed E-state index contributed by atoms with van der Waals surface area (Å²) in [4.78, 5) is 12.6. The molecule has 0 radical (unpaired) electrons. The van der Waals surface area contributed by atoms with Gasteiger partial charge in [0.15, 0.2) is 6.29 Å². The van der Waals surface area contributed by atoms with Crippen LogP contribution in [0.15, 0.2) is 24.3 Å². The lowest BCUT2D eigenvalue weighted by molar-refractivity contribution is -0.302. The molecule has 1 amide bonds. The monoisotopic (exact) mass is 627 g/mol. The van der Waals surface area contributed by atoms with E-state index in [9.17, 15) is 30.3 Å². The van der Waals surface area contributed by atoms with Crippen molar-refractivity contribution in [3.63, 3.8) is 0 Å². The minimum absolute atomic E-state index is 0.200. The number of hydrogen-bond acceptors (Lipinski definition) is 8. The van der Waals surface area contributed by atoms with E-state index in [-0.39, 0.29) is 12.5 Å².